The molecule has 7 heteroatoms. The lowest BCUT2D eigenvalue weighted by molar-refractivity contribution is -0.564. The van der Waals surface area contributed by atoms with Crippen LogP contribution in [-0.2, 0) is 33.0 Å². The zero-order valence-corrected chi connectivity index (χ0v) is 47.2. The molecule has 12 bridgehead atoms. The number of nitrogens with zero attached hydrogens (tertiary/aromatic N) is 3. The fraction of sp³-hybridized carbons (Fsp3) is 0.493. The van der Waals surface area contributed by atoms with E-state index < -0.39 is 6.09 Å². The normalized spacial score (nSPS) is 30.9. The molecule has 2 unspecified atom stereocenters. The molecule has 5 aromatic carbocycles. The summed E-state index contributed by atoms with van der Waals surface area (Å²) < 4.78 is 8.57. The fourth-order valence-corrected chi connectivity index (χ4v) is 18.6. The van der Waals surface area contributed by atoms with Gasteiger partial charge < -0.3 is 4.74 Å². The fourth-order valence-electron chi connectivity index (χ4n) is 18.6. The third kappa shape index (κ3) is 8.15. The first-order valence-corrected chi connectivity index (χ1v) is 30.4. The molecule has 17 rings (SSSR count). The third-order valence-corrected chi connectivity index (χ3v) is 21.4. The van der Waals surface area contributed by atoms with Crippen LogP contribution in [0.15, 0.2) is 115 Å². The van der Waals surface area contributed by atoms with Gasteiger partial charge >= 0.3 is 6.09 Å². The van der Waals surface area contributed by atoms with Gasteiger partial charge in [-0.1, -0.05) is 125 Å². The van der Waals surface area contributed by atoms with Crippen LogP contribution in [0.25, 0.3) is 44.8 Å². The molecule has 7 nitrogen and oxygen atoms in total. The van der Waals surface area contributed by atoms with Gasteiger partial charge in [0.15, 0.2) is 11.5 Å². The molecule has 0 N–H and O–H groups in total. The summed E-state index contributed by atoms with van der Waals surface area (Å²) in [5.74, 6) is 6.08. The lowest BCUT2D eigenvalue weighted by atomic mass is 9.47. The summed E-state index contributed by atoms with van der Waals surface area (Å²) in [6.45, 7) is 18.5. The van der Waals surface area contributed by atoms with Crippen LogP contribution in [0.2, 0.25) is 0 Å². The number of aromatic nitrogens is 1. The Balaban J connectivity index is 1.07. The van der Waals surface area contributed by atoms with Gasteiger partial charge in [0.05, 0.1) is 17.3 Å². The van der Waals surface area contributed by atoms with Crippen molar-refractivity contribution in [3.05, 3.63) is 149 Å². The van der Waals surface area contributed by atoms with Crippen LogP contribution < -0.4 is 14.3 Å². The summed E-state index contributed by atoms with van der Waals surface area (Å²) in [6, 6.07) is 42.6. The Bertz CT molecular complexity index is 3110. The second-order valence-corrected chi connectivity index (χ2v) is 28.7. The van der Waals surface area contributed by atoms with Crippen LogP contribution in [0, 0.1) is 35.5 Å². The van der Waals surface area contributed by atoms with E-state index in [4.69, 9.17) is 14.5 Å². The van der Waals surface area contributed by atoms with E-state index in [1.54, 1.807) is 0 Å². The van der Waals surface area contributed by atoms with Crippen molar-refractivity contribution >= 4 is 6.09 Å². The van der Waals surface area contributed by atoms with Crippen LogP contribution in [0.1, 0.15) is 165 Å². The highest BCUT2D eigenvalue weighted by atomic mass is 17.2. The molecule has 11 aliphatic rings. The number of pyridine rings is 1. The van der Waals surface area contributed by atoms with Gasteiger partial charge in [-0.2, -0.15) is 4.79 Å². The number of carbonyl (C=O) groups is 1. The van der Waals surface area contributed by atoms with E-state index in [0.29, 0.717) is 0 Å². The number of hydrogen-bond donors (Lipinski definition) is 0. The Morgan fingerprint density at radius 3 is 1.32 bits per heavy atom. The summed E-state index contributed by atoms with van der Waals surface area (Å²) in [4.78, 5) is 36.6. The van der Waals surface area contributed by atoms with Crippen molar-refractivity contribution in [2.45, 2.75) is 159 Å². The van der Waals surface area contributed by atoms with Crippen molar-refractivity contribution in [3.63, 3.8) is 0 Å². The lowest BCUT2D eigenvalue weighted by Gasteiger charge is -2.57. The van der Waals surface area contributed by atoms with E-state index in [9.17, 15) is 0 Å². The van der Waals surface area contributed by atoms with Gasteiger partial charge in [-0.3, -0.25) is 19.6 Å². The minimum atomic E-state index is -0.398. The highest BCUT2D eigenvalue weighted by Crippen LogP contribution is 2.65. The Labute approximate surface area is 463 Å². The smallest absolute Gasteiger partial charge is 0.407 e. The van der Waals surface area contributed by atoms with E-state index in [0.717, 1.165) is 130 Å². The molecular weight excluding hydrogens is 959 g/mol. The van der Waals surface area contributed by atoms with E-state index in [2.05, 4.69) is 136 Å². The Morgan fingerprint density at radius 1 is 0.513 bits per heavy atom. The topological polar surface area (TPSA) is 55.1 Å². The molecular formula is C71H80N3O4+. The standard InChI is InChI=1S/C71H80N3O4/c1-68(2,3)52-33-58-54-17-10-12-19-56(54)62-31-51(66-72-21-14-22-73(66)24-23-72)32-63(74(62)67(75)76-43-44-15-8-7-9-16-44)57-20-13-11-18-55(57)59-34-53(69(4,5)6)36-61(71-40-48-28-49(41-71)30-50(29-48)42-71)65(59)78-77-64(58)60(35-52)70-37-45-25-46(38-70)27-47(26-45)39-70/h7-13,15-20,31-36,45-50,66H,14,21-30,37-43H2,1-6H3/q+1. The summed E-state index contributed by atoms with van der Waals surface area (Å²) in [5, 5.41) is 0. The van der Waals surface area contributed by atoms with Crippen molar-refractivity contribution in [1.82, 2.24) is 9.80 Å². The van der Waals surface area contributed by atoms with Crippen molar-refractivity contribution < 1.29 is 23.9 Å². The van der Waals surface area contributed by atoms with Gasteiger partial charge in [0.1, 0.15) is 6.61 Å². The molecule has 4 heterocycles. The molecule has 0 spiro atoms. The first kappa shape index (κ1) is 49.3. The molecule has 78 heavy (non-hydrogen) atoms. The quantitative estimate of drug-likeness (QED) is 0.127. The average molecular weight is 1040 g/mol. The number of fused-ring (bicyclic) bond motifs is 12. The van der Waals surface area contributed by atoms with Crippen molar-refractivity contribution in [3.8, 4) is 56.3 Å². The molecule has 8 aliphatic carbocycles. The number of carbonyl (C=O) groups excluding carboxylic acids is 1. The maximum atomic E-state index is 15.9. The van der Waals surface area contributed by atoms with Crippen molar-refractivity contribution in [2.75, 3.05) is 26.2 Å². The van der Waals surface area contributed by atoms with E-state index in [1.807, 2.05) is 34.9 Å². The highest BCUT2D eigenvalue weighted by molar-refractivity contribution is 5.90. The van der Waals surface area contributed by atoms with E-state index in [-0.39, 0.29) is 34.4 Å². The molecule has 8 saturated carbocycles. The average Bonchev–Trinajstić information content (AvgIpc) is 3.71. The summed E-state index contributed by atoms with van der Waals surface area (Å²) in [7, 11) is 0. The minimum Gasteiger partial charge on any atom is -0.407 e. The molecule has 10 fully saturated rings. The number of ether oxygens (including phenoxy) is 1. The molecule has 2 atom stereocenters. The summed E-state index contributed by atoms with van der Waals surface area (Å²) >= 11 is 0. The number of rotatable bonds is 5. The van der Waals surface area contributed by atoms with Crippen LogP contribution in [0.4, 0.5) is 4.79 Å². The molecule has 402 valence electrons. The van der Waals surface area contributed by atoms with Crippen LogP contribution >= 0.6 is 0 Å². The zero-order chi connectivity index (χ0) is 52.9. The second kappa shape index (κ2) is 18.1. The second-order valence-electron chi connectivity index (χ2n) is 28.7. The molecule has 0 radical (unpaired) electrons. The minimum absolute atomic E-state index is 0.0297. The molecule has 6 aromatic rings. The molecule has 1 aromatic heterocycles. The highest BCUT2D eigenvalue weighted by Gasteiger charge is 2.55. The van der Waals surface area contributed by atoms with Crippen LogP contribution in [0.5, 0.6) is 11.5 Å². The monoisotopic (exact) mass is 1040 g/mol. The van der Waals surface area contributed by atoms with Gasteiger partial charge in [0, 0.05) is 60.6 Å². The molecule has 0 amide bonds. The maximum absolute atomic E-state index is 15.9. The summed E-state index contributed by atoms with van der Waals surface area (Å²) in [5.41, 5.74) is 14.7. The van der Waals surface area contributed by atoms with Crippen molar-refractivity contribution in [1.29, 1.82) is 0 Å². The van der Waals surface area contributed by atoms with E-state index >= 15 is 4.79 Å². The van der Waals surface area contributed by atoms with Gasteiger partial charge in [0.2, 0.25) is 11.4 Å². The van der Waals surface area contributed by atoms with E-state index in [1.165, 1.54) is 105 Å². The molecule has 3 aliphatic heterocycles. The van der Waals surface area contributed by atoms with Crippen molar-refractivity contribution in [2.24, 2.45) is 35.5 Å². The predicted molar refractivity (Wildman–Crippen MR) is 309 cm³/mol. The summed E-state index contributed by atoms with van der Waals surface area (Å²) in [6.07, 6.45) is 16.1. The third-order valence-electron chi connectivity index (χ3n) is 21.4. The largest absolute Gasteiger partial charge is 0.603 e. The first-order valence-electron chi connectivity index (χ1n) is 30.4. The van der Waals surface area contributed by atoms with Gasteiger partial charge in [-0.25, -0.2) is 0 Å². The lowest BCUT2D eigenvalue weighted by Crippen LogP contribution is -2.49. The molecule has 2 saturated heterocycles. The van der Waals surface area contributed by atoms with Crippen LogP contribution in [-0.4, -0.2) is 42.1 Å². The van der Waals surface area contributed by atoms with Gasteiger partial charge in [-0.05, 0) is 198 Å². The van der Waals surface area contributed by atoms with Crippen LogP contribution in [0.3, 0.4) is 0 Å². The maximum Gasteiger partial charge on any atom is 0.603 e. The zero-order valence-electron chi connectivity index (χ0n) is 47.2. The van der Waals surface area contributed by atoms with Gasteiger partial charge in [-0.15, -0.1) is 0 Å². The first-order chi connectivity index (χ1) is 37.6. The Kier molecular flexibility index (Phi) is 11.5. The number of benzene rings is 5. The predicted octanol–water partition coefficient (Wildman–Crippen LogP) is 16.1. The SMILES string of the molecule is CC(C)(C)c1cc2c(c(C34CC5CC(CC(C5)C3)C4)c1)OOc1c(cc(C(C)(C)C)cc1C13CC4CC(CC(C4)C1)C3)-c1ccccc1-c1cc(C3N4CCCN3CC4)cc([n+]1C(=O)OCc1ccccc1)-c1ccccc1-2. The Hall–Kier alpha value is -5.76. The Morgan fingerprint density at radius 2 is 0.910 bits per heavy atom. The van der Waals surface area contributed by atoms with Gasteiger partial charge in [0.25, 0.3) is 0 Å². The number of hydrogen-bond acceptors (Lipinski definition) is 6.